The van der Waals surface area contributed by atoms with Gasteiger partial charge in [0.05, 0.1) is 0 Å². The summed E-state index contributed by atoms with van der Waals surface area (Å²) >= 11 is 0. The highest BCUT2D eigenvalue weighted by Gasteiger charge is 1.99. The quantitative estimate of drug-likeness (QED) is 0.299. The molecule has 0 aromatic heterocycles. The smallest absolute Gasteiger partial charge is 0.243 e. The largest absolute Gasteiger partial charge is 0.370 e. The van der Waals surface area contributed by atoms with Gasteiger partial charge in [0, 0.05) is 12.8 Å². The van der Waals surface area contributed by atoms with Crippen molar-refractivity contribution >= 4 is 11.8 Å². The van der Waals surface area contributed by atoms with E-state index >= 15 is 0 Å². The van der Waals surface area contributed by atoms with Crippen LogP contribution in [0.4, 0.5) is 0 Å². The molecule has 0 aliphatic rings. The van der Waals surface area contributed by atoms with Gasteiger partial charge >= 0.3 is 0 Å². The third kappa shape index (κ3) is 7.01. The molecule has 0 saturated heterocycles. The fourth-order valence-electron chi connectivity index (χ4n) is 0.817. The third-order valence-corrected chi connectivity index (χ3v) is 1.45. The van der Waals surface area contributed by atoms with Gasteiger partial charge in [-0.1, -0.05) is 6.42 Å². The Morgan fingerprint density at radius 3 is 2.25 bits per heavy atom. The molecule has 0 unspecified atom stereocenters. The van der Waals surface area contributed by atoms with E-state index in [0.29, 0.717) is 19.3 Å². The summed E-state index contributed by atoms with van der Waals surface area (Å²) in [4.78, 5) is 20.7. The average Bonchev–Trinajstić information content (AvgIpc) is 2.03. The van der Waals surface area contributed by atoms with E-state index < -0.39 is 5.91 Å². The average molecular weight is 174 g/mol. The second kappa shape index (κ2) is 6.60. The Kier molecular flexibility index (Phi) is 6.00. The zero-order valence-corrected chi connectivity index (χ0v) is 6.88. The lowest BCUT2D eigenvalue weighted by Gasteiger charge is -1.97. The Bertz CT molecular complexity index is 159. The van der Waals surface area contributed by atoms with Crippen molar-refractivity contribution in [3.63, 3.8) is 0 Å². The Hall–Kier alpha value is -1.10. The van der Waals surface area contributed by atoms with Gasteiger partial charge in [-0.2, -0.15) is 0 Å². The van der Waals surface area contributed by atoms with E-state index in [1.807, 2.05) is 0 Å². The molecule has 0 radical (unpaired) electrons. The maximum atomic E-state index is 10.5. The van der Waals surface area contributed by atoms with Crippen molar-refractivity contribution in [1.29, 1.82) is 0 Å². The monoisotopic (exact) mass is 174 g/mol. The van der Waals surface area contributed by atoms with Crippen molar-refractivity contribution in [2.45, 2.75) is 32.1 Å². The number of amides is 2. The van der Waals surface area contributed by atoms with Crippen molar-refractivity contribution in [3.8, 4) is 0 Å². The zero-order chi connectivity index (χ0) is 9.40. The van der Waals surface area contributed by atoms with Crippen LogP contribution in [0.5, 0.6) is 0 Å². The van der Waals surface area contributed by atoms with Gasteiger partial charge in [-0.05, 0) is 12.8 Å². The van der Waals surface area contributed by atoms with Gasteiger partial charge in [0.25, 0.3) is 0 Å². The third-order valence-electron chi connectivity index (χ3n) is 1.45. The van der Waals surface area contributed by atoms with Gasteiger partial charge in [0.15, 0.2) is 0 Å². The number of rotatable bonds is 6. The van der Waals surface area contributed by atoms with Crippen molar-refractivity contribution in [2.75, 3.05) is 0 Å². The molecule has 0 aromatic rings. The summed E-state index contributed by atoms with van der Waals surface area (Å²) in [5.74, 6) is -0.712. The molecule has 70 valence electrons. The summed E-state index contributed by atoms with van der Waals surface area (Å²) < 4.78 is 0. The van der Waals surface area contributed by atoms with E-state index in [-0.39, 0.29) is 12.3 Å². The van der Waals surface area contributed by atoms with Crippen LogP contribution in [-0.2, 0) is 9.59 Å². The minimum Gasteiger partial charge on any atom is -0.370 e. The van der Waals surface area contributed by atoms with Gasteiger partial charge in [-0.15, -0.1) is 0 Å². The van der Waals surface area contributed by atoms with Crippen LogP contribution < -0.4 is 11.2 Å². The first kappa shape index (κ1) is 10.9. The minimum atomic E-state index is -0.394. The molecule has 12 heavy (non-hydrogen) atoms. The van der Waals surface area contributed by atoms with E-state index in [1.165, 1.54) is 5.48 Å². The van der Waals surface area contributed by atoms with Crippen LogP contribution in [0.25, 0.3) is 0 Å². The van der Waals surface area contributed by atoms with Crippen molar-refractivity contribution in [1.82, 2.24) is 5.48 Å². The number of hydroxylamine groups is 1. The molecular formula is C7H14N2O3. The SMILES string of the molecule is NC(=O)CCCCCC(=O)NO. The molecule has 0 rings (SSSR count). The molecule has 4 N–H and O–H groups in total. The van der Waals surface area contributed by atoms with E-state index in [4.69, 9.17) is 10.9 Å². The van der Waals surface area contributed by atoms with Crippen LogP contribution in [0.15, 0.2) is 0 Å². The van der Waals surface area contributed by atoms with Gasteiger partial charge in [-0.25, -0.2) is 5.48 Å². The number of hydrogen-bond acceptors (Lipinski definition) is 3. The number of unbranched alkanes of at least 4 members (excludes halogenated alkanes) is 2. The molecular weight excluding hydrogens is 160 g/mol. The van der Waals surface area contributed by atoms with Gasteiger partial charge in [-0.3, -0.25) is 14.8 Å². The molecule has 0 bridgehead atoms. The first-order chi connectivity index (χ1) is 5.66. The molecule has 0 aromatic carbocycles. The van der Waals surface area contributed by atoms with E-state index in [0.717, 1.165) is 6.42 Å². The van der Waals surface area contributed by atoms with Gasteiger partial charge in [0.1, 0.15) is 0 Å². The molecule has 0 spiro atoms. The van der Waals surface area contributed by atoms with Crippen LogP contribution >= 0.6 is 0 Å². The van der Waals surface area contributed by atoms with E-state index in [1.54, 1.807) is 0 Å². The lowest BCUT2D eigenvalue weighted by Crippen LogP contribution is -2.17. The Balaban J connectivity index is 3.11. The lowest BCUT2D eigenvalue weighted by molar-refractivity contribution is -0.129. The van der Waals surface area contributed by atoms with Crippen LogP contribution in [0.1, 0.15) is 32.1 Å². The van der Waals surface area contributed by atoms with Crippen LogP contribution in [-0.4, -0.2) is 17.0 Å². The molecule has 0 saturated carbocycles. The Morgan fingerprint density at radius 2 is 1.75 bits per heavy atom. The Labute approximate surface area is 70.9 Å². The lowest BCUT2D eigenvalue weighted by atomic mass is 10.1. The normalized spacial score (nSPS) is 9.42. The first-order valence-corrected chi connectivity index (χ1v) is 3.88. The molecule has 5 heteroatoms. The van der Waals surface area contributed by atoms with E-state index in [2.05, 4.69) is 0 Å². The highest BCUT2D eigenvalue weighted by Crippen LogP contribution is 2.01. The summed E-state index contributed by atoms with van der Waals surface area (Å²) in [6, 6.07) is 0. The fourth-order valence-corrected chi connectivity index (χ4v) is 0.817. The molecule has 0 atom stereocenters. The number of hydrogen-bond donors (Lipinski definition) is 3. The zero-order valence-electron chi connectivity index (χ0n) is 6.88. The highest BCUT2D eigenvalue weighted by molar-refractivity contribution is 5.74. The van der Waals surface area contributed by atoms with Crippen LogP contribution in [0.2, 0.25) is 0 Å². The van der Waals surface area contributed by atoms with Crippen LogP contribution in [0, 0.1) is 0 Å². The summed E-state index contributed by atoms with van der Waals surface area (Å²) in [7, 11) is 0. The topological polar surface area (TPSA) is 92.4 Å². The maximum Gasteiger partial charge on any atom is 0.243 e. The number of nitrogens with one attached hydrogen (secondary N) is 1. The molecule has 0 aliphatic heterocycles. The molecule has 2 amide bonds. The summed E-state index contributed by atoms with van der Waals surface area (Å²) in [6.07, 6.45) is 2.79. The predicted octanol–water partition coefficient (Wildman–Crippen LogP) is -0.0724. The fraction of sp³-hybridized carbons (Fsp3) is 0.714. The molecule has 0 fully saturated rings. The predicted molar refractivity (Wildman–Crippen MR) is 42.2 cm³/mol. The van der Waals surface area contributed by atoms with Crippen LogP contribution in [0.3, 0.4) is 0 Å². The van der Waals surface area contributed by atoms with Crippen molar-refractivity contribution in [2.24, 2.45) is 5.73 Å². The van der Waals surface area contributed by atoms with E-state index in [9.17, 15) is 9.59 Å². The minimum absolute atomic E-state index is 0.287. The summed E-state index contributed by atoms with van der Waals surface area (Å²) in [5, 5.41) is 8.11. The maximum absolute atomic E-state index is 10.5. The second-order valence-electron chi connectivity index (χ2n) is 2.56. The van der Waals surface area contributed by atoms with Gasteiger partial charge in [0.2, 0.25) is 11.8 Å². The highest BCUT2D eigenvalue weighted by atomic mass is 16.5. The molecule has 5 nitrogen and oxygen atoms in total. The first-order valence-electron chi connectivity index (χ1n) is 3.88. The standard InChI is InChI=1S/C7H14N2O3/c8-6(10)4-2-1-3-5-7(11)9-12/h12H,1-5H2,(H2,8,10)(H,9,11). The Morgan fingerprint density at radius 1 is 1.17 bits per heavy atom. The number of carbonyl (C=O) groups is 2. The summed E-state index contributed by atoms with van der Waals surface area (Å²) in [5.41, 5.74) is 6.44. The molecule has 0 aliphatic carbocycles. The van der Waals surface area contributed by atoms with Crippen molar-refractivity contribution in [3.05, 3.63) is 0 Å². The summed E-state index contributed by atoms with van der Waals surface area (Å²) in [6.45, 7) is 0. The van der Waals surface area contributed by atoms with Gasteiger partial charge < -0.3 is 5.73 Å². The molecule has 0 heterocycles. The second-order valence-corrected chi connectivity index (χ2v) is 2.56. The number of primary amides is 1. The van der Waals surface area contributed by atoms with Crippen molar-refractivity contribution < 1.29 is 14.8 Å². The number of nitrogens with two attached hydrogens (primary N) is 1. The number of carbonyl (C=O) groups excluding carboxylic acids is 2.